The first-order valence-corrected chi connectivity index (χ1v) is 8.28. The van der Waals surface area contributed by atoms with E-state index in [-0.39, 0.29) is 15.6 Å². The van der Waals surface area contributed by atoms with Crippen molar-refractivity contribution in [3.8, 4) is 0 Å². The van der Waals surface area contributed by atoms with Crippen LogP contribution in [-0.4, -0.2) is 21.5 Å². The standard InChI is InChI=1S/C15H13ClFNO4S/c1-9-3-5-10(6-4-9)23(20,21)18-12-8-7-11(17)13(14(12)16)15(19)22-2/h3-8,18H,1-2H3. The first-order chi connectivity index (χ1) is 10.8. The fourth-order valence-electron chi connectivity index (χ4n) is 1.84. The number of carbonyl (C=O) groups excluding carboxylic acids is 1. The molecular weight excluding hydrogens is 345 g/mol. The third kappa shape index (κ3) is 3.62. The lowest BCUT2D eigenvalue weighted by Gasteiger charge is -2.12. The van der Waals surface area contributed by atoms with Gasteiger partial charge in [-0.1, -0.05) is 29.3 Å². The van der Waals surface area contributed by atoms with Gasteiger partial charge in [0.1, 0.15) is 11.4 Å². The van der Waals surface area contributed by atoms with Crippen LogP contribution in [-0.2, 0) is 14.8 Å². The Bertz CT molecular complexity index is 851. The highest BCUT2D eigenvalue weighted by atomic mass is 35.5. The summed E-state index contributed by atoms with van der Waals surface area (Å²) in [6.45, 7) is 1.82. The molecule has 2 aromatic carbocycles. The van der Waals surface area contributed by atoms with Crippen molar-refractivity contribution >= 4 is 33.3 Å². The molecule has 0 saturated heterocycles. The molecule has 0 fully saturated rings. The molecule has 0 heterocycles. The van der Waals surface area contributed by atoms with E-state index in [0.717, 1.165) is 24.8 Å². The molecule has 0 aliphatic heterocycles. The highest BCUT2D eigenvalue weighted by Crippen LogP contribution is 2.30. The number of esters is 1. The zero-order chi connectivity index (χ0) is 17.2. The van der Waals surface area contributed by atoms with Crippen LogP contribution < -0.4 is 4.72 Å². The van der Waals surface area contributed by atoms with Gasteiger partial charge in [-0.2, -0.15) is 0 Å². The van der Waals surface area contributed by atoms with Crippen molar-refractivity contribution in [1.29, 1.82) is 0 Å². The third-order valence-corrected chi connectivity index (χ3v) is 4.83. The summed E-state index contributed by atoms with van der Waals surface area (Å²) < 4.78 is 45.0. The van der Waals surface area contributed by atoms with E-state index in [1.54, 1.807) is 12.1 Å². The molecule has 0 radical (unpaired) electrons. The first-order valence-electron chi connectivity index (χ1n) is 6.42. The highest BCUT2D eigenvalue weighted by Gasteiger charge is 2.22. The second-order valence-corrected chi connectivity index (χ2v) is 6.75. The fourth-order valence-corrected chi connectivity index (χ4v) is 3.25. The predicted octanol–water partition coefficient (Wildman–Crippen LogP) is 3.37. The van der Waals surface area contributed by atoms with Gasteiger partial charge in [0.05, 0.1) is 22.7 Å². The van der Waals surface area contributed by atoms with Gasteiger partial charge in [-0.15, -0.1) is 0 Å². The molecular formula is C15H13ClFNO4S. The van der Waals surface area contributed by atoms with Gasteiger partial charge < -0.3 is 4.74 Å². The van der Waals surface area contributed by atoms with E-state index in [4.69, 9.17) is 11.6 Å². The van der Waals surface area contributed by atoms with Gasteiger partial charge in [0.25, 0.3) is 10.0 Å². The average molecular weight is 358 g/mol. The Morgan fingerprint density at radius 2 is 1.78 bits per heavy atom. The molecule has 8 heteroatoms. The second kappa shape index (κ2) is 6.55. The molecule has 5 nitrogen and oxygen atoms in total. The van der Waals surface area contributed by atoms with E-state index in [2.05, 4.69) is 9.46 Å². The van der Waals surface area contributed by atoms with Crippen LogP contribution in [0.25, 0.3) is 0 Å². The van der Waals surface area contributed by atoms with Gasteiger partial charge in [0, 0.05) is 0 Å². The number of rotatable bonds is 4. The molecule has 23 heavy (non-hydrogen) atoms. The molecule has 122 valence electrons. The Hall–Kier alpha value is -2.12. The van der Waals surface area contributed by atoms with Crippen LogP contribution in [0, 0.1) is 12.7 Å². The summed E-state index contributed by atoms with van der Waals surface area (Å²) >= 11 is 5.94. The van der Waals surface area contributed by atoms with Crippen molar-refractivity contribution in [1.82, 2.24) is 0 Å². The van der Waals surface area contributed by atoms with Crippen LogP contribution in [0.1, 0.15) is 15.9 Å². The fraction of sp³-hybridized carbons (Fsp3) is 0.133. The van der Waals surface area contributed by atoms with E-state index in [9.17, 15) is 17.6 Å². The summed E-state index contributed by atoms with van der Waals surface area (Å²) in [4.78, 5) is 11.6. The lowest BCUT2D eigenvalue weighted by molar-refractivity contribution is 0.0596. The van der Waals surface area contributed by atoms with E-state index in [0.29, 0.717) is 0 Å². The lowest BCUT2D eigenvalue weighted by Crippen LogP contribution is -2.15. The number of anilines is 1. The normalized spacial score (nSPS) is 11.1. The molecule has 0 unspecified atom stereocenters. The Kier molecular flexibility index (Phi) is 4.91. The van der Waals surface area contributed by atoms with Crippen LogP contribution in [0.2, 0.25) is 5.02 Å². The van der Waals surface area contributed by atoms with Crippen molar-refractivity contribution in [3.63, 3.8) is 0 Å². The number of halogens is 2. The lowest BCUT2D eigenvalue weighted by atomic mass is 10.2. The Morgan fingerprint density at radius 1 is 1.17 bits per heavy atom. The van der Waals surface area contributed by atoms with Gasteiger partial charge in [-0.3, -0.25) is 4.72 Å². The average Bonchev–Trinajstić information content (AvgIpc) is 2.50. The number of nitrogens with one attached hydrogen (secondary N) is 1. The minimum absolute atomic E-state index is 0.0168. The van der Waals surface area contributed by atoms with E-state index in [1.165, 1.54) is 12.1 Å². The zero-order valence-corrected chi connectivity index (χ0v) is 13.8. The summed E-state index contributed by atoms with van der Waals surface area (Å²) in [6.07, 6.45) is 0. The molecule has 0 saturated carbocycles. The number of hydrogen-bond donors (Lipinski definition) is 1. The van der Waals surface area contributed by atoms with Gasteiger partial charge in [0.15, 0.2) is 0 Å². The van der Waals surface area contributed by atoms with Crippen LogP contribution >= 0.6 is 11.6 Å². The van der Waals surface area contributed by atoms with Gasteiger partial charge in [-0.25, -0.2) is 17.6 Å². The molecule has 2 rings (SSSR count). The van der Waals surface area contributed by atoms with Crippen molar-refractivity contribution in [2.75, 3.05) is 11.8 Å². The molecule has 0 aliphatic rings. The maximum atomic E-state index is 13.7. The van der Waals surface area contributed by atoms with Crippen molar-refractivity contribution in [2.45, 2.75) is 11.8 Å². The van der Waals surface area contributed by atoms with E-state index < -0.39 is 27.4 Å². The minimum atomic E-state index is -3.92. The Labute approximate surface area is 138 Å². The largest absolute Gasteiger partial charge is 0.465 e. The molecule has 0 amide bonds. The van der Waals surface area contributed by atoms with Gasteiger partial charge >= 0.3 is 5.97 Å². The van der Waals surface area contributed by atoms with Crippen LogP contribution in [0.15, 0.2) is 41.3 Å². The Balaban J connectivity index is 2.44. The summed E-state index contributed by atoms with van der Waals surface area (Å²) in [5, 5.41) is -0.368. The smallest absolute Gasteiger partial charge is 0.342 e. The van der Waals surface area contributed by atoms with Crippen molar-refractivity contribution < 1.29 is 22.3 Å². The first kappa shape index (κ1) is 17.2. The van der Waals surface area contributed by atoms with Crippen LogP contribution in [0.3, 0.4) is 0 Å². The summed E-state index contributed by atoms with van der Waals surface area (Å²) in [6, 6.07) is 8.20. The SMILES string of the molecule is COC(=O)c1c(F)ccc(NS(=O)(=O)c2ccc(C)cc2)c1Cl. The number of aryl methyl sites for hydroxylation is 1. The second-order valence-electron chi connectivity index (χ2n) is 4.69. The molecule has 0 atom stereocenters. The number of sulfonamides is 1. The monoisotopic (exact) mass is 357 g/mol. The molecule has 0 aliphatic carbocycles. The predicted molar refractivity (Wildman–Crippen MR) is 84.7 cm³/mol. The molecule has 0 spiro atoms. The van der Waals surface area contributed by atoms with Gasteiger partial charge in [-0.05, 0) is 31.2 Å². The third-order valence-electron chi connectivity index (χ3n) is 3.06. The minimum Gasteiger partial charge on any atom is -0.465 e. The number of carbonyl (C=O) groups is 1. The molecule has 1 N–H and O–H groups in total. The van der Waals surface area contributed by atoms with E-state index in [1.807, 2.05) is 6.92 Å². The maximum absolute atomic E-state index is 13.7. The number of ether oxygens (including phenoxy) is 1. The van der Waals surface area contributed by atoms with Crippen molar-refractivity contribution in [3.05, 3.63) is 58.4 Å². The number of hydrogen-bond acceptors (Lipinski definition) is 4. The molecule has 0 bridgehead atoms. The van der Waals surface area contributed by atoms with Crippen LogP contribution in [0.4, 0.5) is 10.1 Å². The molecule has 2 aromatic rings. The van der Waals surface area contributed by atoms with Gasteiger partial charge in [0.2, 0.25) is 0 Å². The quantitative estimate of drug-likeness (QED) is 0.851. The molecule has 0 aromatic heterocycles. The highest BCUT2D eigenvalue weighted by molar-refractivity contribution is 7.92. The number of benzene rings is 2. The zero-order valence-electron chi connectivity index (χ0n) is 12.3. The summed E-state index contributed by atoms with van der Waals surface area (Å²) in [5.41, 5.74) is 0.254. The maximum Gasteiger partial charge on any atom is 0.342 e. The summed E-state index contributed by atoms with van der Waals surface area (Å²) in [5.74, 6) is -1.90. The van der Waals surface area contributed by atoms with E-state index >= 15 is 0 Å². The van der Waals surface area contributed by atoms with Crippen molar-refractivity contribution in [2.24, 2.45) is 0 Å². The summed E-state index contributed by atoms with van der Waals surface area (Å²) in [7, 11) is -2.85. The number of methoxy groups -OCH3 is 1. The topological polar surface area (TPSA) is 72.5 Å². The van der Waals surface area contributed by atoms with Crippen LogP contribution in [0.5, 0.6) is 0 Å². The Morgan fingerprint density at radius 3 is 2.35 bits per heavy atom.